The van der Waals surface area contributed by atoms with Crippen molar-refractivity contribution in [2.24, 2.45) is 0 Å². The van der Waals surface area contributed by atoms with Gasteiger partial charge in [0.1, 0.15) is 5.75 Å². The lowest BCUT2D eigenvalue weighted by atomic mass is 10.3. The Bertz CT molecular complexity index is 502. The number of hydrogen-bond donors (Lipinski definition) is 0. The number of nitrogens with zero attached hydrogens (tertiary/aromatic N) is 1. The molecule has 0 N–H and O–H groups in total. The molecule has 1 aromatic carbocycles. The van der Waals surface area contributed by atoms with Gasteiger partial charge in [-0.3, -0.25) is 0 Å². The minimum absolute atomic E-state index is 0.522. The first-order valence-corrected chi connectivity index (χ1v) is 6.10. The van der Waals surface area contributed by atoms with Crippen LogP contribution in [0.5, 0.6) is 17.5 Å². The summed E-state index contributed by atoms with van der Waals surface area (Å²) in [5.41, 5.74) is 0. The van der Waals surface area contributed by atoms with Gasteiger partial charge >= 0.3 is 0 Å². The highest BCUT2D eigenvalue weighted by Crippen LogP contribution is 2.24. The van der Waals surface area contributed by atoms with E-state index in [-0.39, 0.29) is 0 Å². The fourth-order valence-electron chi connectivity index (χ4n) is 1.33. The van der Waals surface area contributed by atoms with E-state index in [0.29, 0.717) is 18.4 Å². The van der Waals surface area contributed by atoms with E-state index < -0.39 is 0 Å². The molecule has 1 aromatic heterocycles. The van der Waals surface area contributed by atoms with Crippen molar-refractivity contribution in [1.29, 1.82) is 0 Å². The topological polar surface area (TPSA) is 31.4 Å². The van der Waals surface area contributed by atoms with Crippen LogP contribution in [0.15, 0.2) is 46.9 Å². The second-order valence-corrected chi connectivity index (χ2v) is 4.22. The van der Waals surface area contributed by atoms with E-state index in [0.717, 1.165) is 10.2 Å². The fourth-order valence-corrected chi connectivity index (χ4v) is 1.71. The molecule has 2 rings (SSSR count). The van der Waals surface area contributed by atoms with Crippen LogP contribution >= 0.6 is 15.9 Å². The summed E-state index contributed by atoms with van der Waals surface area (Å²) in [6.07, 6.45) is 0. The van der Waals surface area contributed by atoms with Gasteiger partial charge in [0.15, 0.2) is 0 Å². The molecule has 0 aliphatic heterocycles. The molecule has 0 radical (unpaired) electrons. The van der Waals surface area contributed by atoms with Crippen LogP contribution in [0.1, 0.15) is 6.92 Å². The Morgan fingerprint density at radius 3 is 2.65 bits per heavy atom. The van der Waals surface area contributed by atoms with E-state index in [4.69, 9.17) is 9.47 Å². The van der Waals surface area contributed by atoms with Gasteiger partial charge < -0.3 is 9.47 Å². The lowest BCUT2D eigenvalue weighted by Gasteiger charge is -2.06. The van der Waals surface area contributed by atoms with Crippen LogP contribution in [-0.4, -0.2) is 11.6 Å². The maximum absolute atomic E-state index is 5.63. The maximum atomic E-state index is 5.63. The second-order valence-electron chi connectivity index (χ2n) is 3.31. The number of halogens is 1. The Kier molecular flexibility index (Phi) is 3.98. The smallest absolute Gasteiger partial charge is 0.222 e. The predicted molar refractivity (Wildman–Crippen MR) is 69.6 cm³/mol. The van der Waals surface area contributed by atoms with Crippen molar-refractivity contribution in [3.8, 4) is 17.5 Å². The first-order valence-electron chi connectivity index (χ1n) is 5.31. The molecule has 0 aliphatic carbocycles. The molecule has 88 valence electrons. The van der Waals surface area contributed by atoms with Gasteiger partial charge in [0, 0.05) is 16.6 Å². The lowest BCUT2D eigenvalue weighted by Crippen LogP contribution is -1.95. The van der Waals surface area contributed by atoms with Crippen molar-refractivity contribution >= 4 is 15.9 Å². The first-order chi connectivity index (χ1) is 8.28. The van der Waals surface area contributed by atoms with Gasteiger partial charge in [-0.25, -0.2) is 0 Å². The van der Waals surface area contributed by atoms with Crippen LogP contribution in [0.3, 0.4) is 0 Å². The van der Waals surface area contributed by atoms with Crippen LogP contribution in [0.25, 0.3) is 0 Å². The number of aromatic nitrogens is 1. The fraction of sp³-hybridized carbons (Fsp3) is 0.154. The summed E-state index contributed by atoms with van der Waals surface area (Å²) >= 11 is 3.39. The molecule has 3 nitrogen and oxygen atoms in total. The summed E-state index contributed by atoms with van der Waals surface area (Å²) in [7, 11) is 0. The SMILES string of the molecule is CCOc1cccc(Oc2cccc(Br)c2)n1. The van der Waals surface area contributed by atoms with Crippen LogP contribution in [0, 0.1) is 0 Å². The lowest BCUT2D eigenvalue weighted by molar-refractivity contribution is 0.321. The van der Waals surface area contributed by atoms with Crippen LogP contribution in [0.2, 0.25) is 0 Å². The Hall–Kier alpha value is -1.55. The van der Waals surface area contributed by atoms with Crippen molar-refractivity contribution in [2.75, 3.05) is 6.61 Å². The summed E-state index contributed by atoms with van der Waals surface area (Å²) in [5, 5.41) is 0. The molecule has 2 aromatic rings. The molecule has 0 spiro atoms. The van der Waals surface area contributed by atoms with Gasteiger partial charge in [-0.15, -0.1) is 0 Å². The predicted octanol–water partition coefficient (Wildman–Crippen LogP) is 4.04. The Balaban J connectivity index is 2.15. The molecule has 0 amide bonds. The number of hydrogen-bond acceptors (Lipinski definition) is 3. The number of pyridine rings is 1. The zero-order chi connectivity index (χ0) is 12.1. The van der Waals surface area contributed by atoms with Crippen LogP contribution in [0.4, 0.5) is 0 Å². The average Bonchev–Trinajstić information content (AvgIpc) is 2.30. The van der Waals surface area contributed by atoms with Crippen molar-refractivity contribution in [1.82, 2.24) is 4.98 Å². The van der Waals surface area contributed by atoms with E-state index in [1.807, 2.05) is 37.3 Å². The van der Waals surface area contributed by atoms with Crippen molar-refractivity contribution in [2.45, 2.75) is 6.92 Å². The van der Waals surface area contributed by atoms with Crippen LogP contribution in [-0.2, 0) is 0 Å². The molecule has 0 bridgehead atoms. The third kappa shape index (κ3) is 3.46. The molecule has 17 heavy (non-hydrogen) atoms. The summed E-state index contributed by atoms with van der Waals surface area (Å²) in [6, 6.07) is 13.1. The summed E-state index contributed by atoms with van der Waals surface area (Å²) < 4.78 is 11.9. The highest BCUT2D eigenvalue weighted by atomic mass is 79.9. The molecular formula is C13H12BrNO2. The van der Waals surface area contributed by atoms with Gasteiger partial charge in [0.2, 0.25) is 11.8 Å². The molecule has 4 heteroatoms. The van der Waals surface area contributed by atoms with Gasteiger partial charge in [0.25, 0.3) is 0 Å². The third-order valence-electron chi connectivity index (χ3n) is 2.01. The van der Waals surface area contributed by atoms with E-state index in [9.17, 15) is 0 Å². The number of rotatable bonds is 4. The van der Waals surface area contributed by atoms with Gasteiger partial charge in [-0.05, 0) is 25.1 Å². The number of ether oxygens (including phenoxy) is 2. The minimum Gasteiger partial charge on any atom is -0.478 e. The summed E-state index contributed by atoms with van der Waals surface area (Å²) in [5.74, 6) is 1.83. The average molecular weight is 294 g/mol. The highest BCUT2D eigenvalue weighted by molar-refractivity contribution is 9.10. The van der Waals surface area contributed by atoms with E-state index >= 15 is 0 Å². The molecular weight excluding hydrogens is 282 g/mol. The molecule has 0 atom stereocenters. The molecule has 1 heterocycles. The molecule has 0 aliphatic rings. The standard InChI is InChI=1S/C13H12BrNO2/c1-2-16-12-7-4-8-13(15-12)17-11-6-3-5-10(14)9-11/h3-9H,2H2,1H3. The molecule has 0 saturated heterocycles. The molecule has 0 fully saturated rings. The van der Waals surface area contributed by atoms with Crippen molar-refractivity contribution < 1.29 is 9.47 Å². The van der Waals surface area contributed by atoms with E-state index in [2.05, 4.69) is 20.9 Å². The number of benzene rings is 1. The Morgan fingerprint density at radius 1 is 1.12 bits per heavy atom. The van der Waals surface area contributed by atoms with Crippen LogP contribution < -0.4 is 9.47 Å². The largest absolute Gasteiger partial charge is 0.478 e. The minimum atomic E-state index is 0.522. The zero-order valence-electron chi connectivity index (χ0n) is 9.39. The maximum Gasteiger partial charge on any atom is 0.222 e. The quantitative estimate of drug-likeness (QED) is 0.853. The summed E-state index contributed by atoms with van der Waals surface area (Å²) in [6.45, 7) is 2.51. The third-order valence-corrected chi connectivity index (χ3v) is 2.50. The van der Waals surface area contributed by atoms with Gasteiger partial charge in [0.05, 0.1) is 6.61 Å². The van der Waals surface area contributed by atoms with Gasteiger partial charge in [-0.2, -0.15) is 4.98 Å². The first kappa shape index (κ1) is 11.9. The monoisotopic (exact) mass is 293 g/mol. The normalized spacial score (nSPS) is 10.0. The van der Waals surface area contributed by atoms with Crippen molar-refractivity contribution in [3.63, 3.8) is 0 Å². The van der Waals surface area contributed by atoms with E-state index in [1.54, 1.807) is 12.1 Å². The molecule has 0 saturated carbocycles. The summed E-state index contributed by atoms with van der Waals surface area (Å²) in [4.78, 5) is 4.23. The van der Waals surface area contributed by atoms with Crippen molar-refractivity contribution in [3.05, 3.63) is 46.9 Å². The zero-order valence-corrected chi connectivity index (χ0v) is 11.0. The second kappa shape index (κ2) is 5.68. The highest BCUT2D eigenvalue weighted by Gasteiger charge is 2.01. The Morgan fingerprint density at radius 2 is 1.88 bits per heavy atom. The Labute approximate surface area is 109 Å². The van der Waals surface area contributed by atoms with Gasteiger partial charge in [-0.1, -0.05) is 28.1 Å². The van der Waals surface area contributed by atoms with E-state index in [1.165, 1.54) is 0 Å². The molecule has 0 unspecified atom stereocenters.